The van der Waals surface area contributed by atoms with Crippen LogP contribution < -0.4 is 15.4 Å². The van der Waals surface area contributed by atoms with E-state index in [1.807, 2.05) is 28.7 Å². The van der Waals surface area contributed by atoms with Gasteiger partial charge in [0, 0.05) is 9.49 Å². The molecule has 2 unspecified atom stereocenters. The first-order valence-electron chi connectivity index (χ1n) is 12.2. The molecule has 0 saturated carbocycles. The largest absolute Gasteiger partial charge is 0.491 e. The number of anilines is 1. The van der Waals surface area contributed by atoms with Gasteiger partial charge in [-0.3, -0.25) is 9.59 Å². The van der Waals surface area contributed by atoms with Crippen molar-refractivity contribution in [3.63, 3.8) is 0 Å². The summed E-state index contributed by atoms with van der Waals surface area (Å²) in [7, 11) is 0. The number of hydrogen-bond acceptors (Lipinski definition) is 6. The Morgan fingerprint density at radius 1 is 1.13 bits per heavy atom. The van der Waals surface area contributed by atoms with Gasteiger partial charge in [0.2, 0.25) is 5.91 Å². The summed E-state index contributed by atoms with van der Waals surface area (Å²) in [5, 5.41) is 23.6. The van der Waals surface area contributed by atoms with Crippen molar-refractivity contribution in [1.29, 1.82) is 0 Å². The number of aliphatic hydroxyl groups is 2. The third-order valence-electron chi connectivity index (χ3n) is 6.37. The maximum Gasteiger partial charge on any atom is 0.325 e. The van der Waals surface area contributed by atoms with E-state index in [2.05, 4.69) is 10.6 Å². The summed E-state index contributed by atoms with van der Waals surface area (Å²) in [5.41, 5.74) is 1.12. The maximum absolute atomic E-state index is 14.5. The molecule has 0 spiro atoms. The molecule has 4 N–H and O–H groups in total. The van der Waals surface area contributed by atoms with Crippen LogP contribution in [-0.2, 0) is 9.59 Å². The Hall–Kier alpha value is -3.55. The van der Waals surface area contributed by atoms with Gasteiger partial charge in [-0.15, -0.1) is 0 Å². The minimum absolute atomic E-state index is 0.0591. The average molecular weight is 647 g/mol. The standard InChI is InChI=1S/C28H27FIN3O6/c1-16(17-5-3-2-4-6-17)25(26(36)31-23-12-9-19(30)13-22(23)29)33-27(37)24(32-28(33)38)18-7-10-21(11-8-18)39-15-20(35)14-34/h2-13,16,20,24-25,34-35H,14-15H2,1H3,(H,31,36)(H,32,38)/t16-,20?,24?,25-/m0/s1. The number of urea groups is 1. The van der Waals surface area contributed by atoms with E-state index in [1.165, 1.54) is 12.1 Å². The van der Waals surface area contributed by atoms with E-state index in [0.717, 1.165) is 10.5 Å². The van der Waals surface area contributed by atoms with Gasteiger partial charge in [-0.25, -0.2) is 14.1 Å². The number of carbonyl (C=O) groups excluding carboxylic acids is 3. The topological polar surface area (TPSA) is 128 Å². The Morgan fingerprint density at radius 2 is 1.82 bits per heavy atom. The Labute approximate surface area is 238 Å². The smallest absolute Gasteiger partial charge is 0.325 e. The molecule has 204 valence electrons. The third kappa shape index (κ3) is 6.54. The summed E-state index contributed by atoms with van der Waals surface area (Å²) in [6, 6.07) is 16.5. The van der Waals surface area contributed by atoms with Gasteiger partial charge in [-0.2, -0.15) is 0 Å². The van der Waals surface area contributed by atoms with Crippen LogP contribution in [0.15, 0.2) is 72.8 Å². The van der Waals surface area contributed by atoms with Crippen molar-refractivity contribution in [3.05, 3.63) is 93.3 Å². The third-order valence-corrected chi connectivity index (χ3v) is 7.04. The molecule has 4 rings (SSSR count). The SMILES string of the molecule is C[C@@H](c1ccccc1)[C@@H](C(=O)Nc1ccc(I)cc1F)N1C(=O)NC(c2ccc(OCC(O)CO)cc2)C1=O. The van der Waals surface area contributed by atoms with Gasteiger partial charge in [0.15, 0.2) is 0 Å². The summed E-state index contributed by atoms with van der Waals surface area (Å²) in [4.78, 5) is 41.2. The number of amides is 4. The van der Waals surface area contributed by atoms with Crippen LogP contribution in [0.3, 0.4) is 0 Å². The lowest BCUT2D eigenvalue weighted by molar-refractivity contribution is -0.134. The number of halogens is 2. The van der Waals surface area contributed by atoms with Gasteiger partial charge >= 0.3 is 6.03 Å². The van der Waals surface area contributed by atoms with Crippen molar-refractivity contribution < 1.29 is 33.7 Å². The molecule has 39 heavy (non-hydrogen) atoms. The van der Waals surface area contributed by atoms with Crippen LogP contribution >= 0.6 is 22.6 Å². The molecule has 1 saturated heterocycles. The summed E-state index contributed by atoms with van der Waals surface area (Å²) in [5.74, 6) is -2.18. The van der Waals surface area contributed by atoms with E-state index in [9.17, 15) is 23.9 Å². The van der Waals surface area contributed by atoms with Crippen LogP contribution in [0.25, 0.3) is 0 Å². The lowest BCUT2D eigenvalue weighted by atomic mass is 9.91. The molecule has 1 fully saturated rings. The Kier molecular flexibility index (Phi) is 9.15. The molecule has 4 amide bonds. The van der Waals surface area contributed by atoms with Crippen molar-refractivity contribution in [1.82, 2.24) is 10.2 Å². The van der Waals surface area contributed by atoms with Crippen molar-refractivity contribution in [2.24, 2.45) is 0 Å². The molecule has 9 nitrogen and oxygen atoms in total. The number of aliphatic hydroxyl groups excluding tert-OH is 2. The van der Waals surface area contributed by atoms with E-state index < -0.39 is 54.4 Å². The predicted molar refractivity (Wildman–Crippen MR) is 150 cm³/mol. The number of carbonyl (C=O) groups is 3. The highest BCUT2D eigenvalue weighted by Gasteiger charge is 2.47. The van der Waals surface area contributed by atoms with Gasteiger partial charge < -0.3 is 25.6 Å². The van der Waals surface area contributed by atoms with Crippen LogP contribution in [0, 0.1) is 9.39 Å². The zero-order valence-corrected chi connectivity index (χ0v) is 23.0. The normalized spacial score (nSPS) is 17.4. The zero-order valence-electron chi connectivity index (χ0n) is 20.9. The first-order chi connectivity index (χ1) is 18.7. The number of ether oxygens (including phenoxy) is 1. The second kappa shape index (κ2) is 12.5. The van der Waals surface area contributed by atoms with Crippen molar-refractivity contribution >= 4 is 46.1 Å². The fourth-order valence-corrected chi connectivity index (χ4v) is 4.74. The molecule has 3 aromatic carbocycles. The summed E-state index contributed by atoms with van der Waals surface area (Å²) in [6.45, 7) is 1.17. The lowest BCUT2D eigenvalue weighted by Crippen LogP contribution is -2.50. The molecule has 0 aliphatic carbocycles. The van der Waals surface area contributed by atoms with Gasteiger partial charge in [-0.05, 0) is 64.0 Å². The highest BCUT2D eigenvalue weighted by Crippen LogP contribution is 2.32. The molecular weight excluding hydrogens is 620 g/mol. The fraction of sp³-hybridized carbons (Fsp3) is 0.250. The van der Waals surface area contributed by atoms with Crippen molar-refractivity contribution in [2.75, 3.05) is 18.5 Å². The van der Waals surface area contributed by atoms with Crippen LogP contribution in [0.1, 0.15) is 30.0 Å². The van der Waals surface area contributed by atoms with E-state index in [0.29, 0.717) is 14.9 Å². The average Bonchev–Trinajstić information content (AvgIpc) is 3.23. The Bertz CT molecular complexity index is 1340. The Morgan fingerprint density at radius 3 is 2.46 bits per heavy atom. The maximum atomic E-state index is 14.5. The first kappa shape index (κ1) is 28.5. The van der Waals surface area contributed by atoms with Crippen molar-refractivity contribution in [2.45, 2.75) is 31.0 Å². The molecule has 1 aliphatic rings. The molecule has 11 heteroatoms. The number of nitrogens with one attached hydrogen (secondary N) is 2. The summed E-state index contributed by atoms with van der Waals surface area (Å²) >= 11 is 1.95. The Balaban J connectivity index is 1.60. The quantitative estimate of drug-likeness (QED) is 0.197. The lowest BCUT2D eigenvalue weighted by Gasteiger charge is -2.30. The summed E-state index contributed by atoms with van der Waals surface area (Å²) in [6.07, 6.45) is -1.03. The van der Waals surface area contributed by atoms with E-state index >= 15 is 0 Å². The van der Waals surface area contributed by atoms with Crippen LogP contribution in [0.5, 0.6) is 5.75 Å². The minimum atomic E-state index is -1.27. The summed E-state index contributed by atoms with van der Waals surface area (Å²) < 4.78 is 20.6. The van der Waals surface area contributed by atoms with Gasteiger partial charge in [0.25, 0.3) is 5.91 Å². The van der Waals surface area contributed by atoms with Gasteiger partial charge in [-0.1, -0.05) is 49.4 Å². The highest BCUT2D eigenvalue weighted by molar-refractivity contribution is 14.1. The molecule has 0 bridgehead atoms. The predicted octanol–water partition coefficient (Wildman–Crippen LogP) is 3.57. The van der Waals surface area contributed by atoms with E-state index in [1.54, 1.807) is 61.5 Å². The fourth-order valence-electron chi connectivity index (χ4n) is 4.29. The van der Waals surface area contributed by atoms with Crippen LogP contribution in [0.2, 0.25) is 0 Å². The molecule has 1 heterocycles. The minimum Gasteiger partial charge on any atom is -0.491 e. The molecule has 4 atom stereocenters. The molecular formula is C28H27FIN3O6. The molecule has 0 aromatic heterocycles. The zero-order chi connectivity index (χ0) is 28.1. The number of rotatable bonds is 10. The second-order valence-electron chi connectivity index (χ2n) is 9.06. The highest BCUT2D eigenvalue weighted by atomic mass is 127. The van der Waals surface area contributed by atoms with E-state index in [4.69, 9.17) is 9.84 Å². The first-order valence-corrected chi connectivity index (χ1v) is 13.2. The van der Waals surface area contributed by atoms with Crippen LogP contribution in [0.4, 0.5) is 14.9 Å². The number of nitrogens with zero attached hydrogens (tertiary/aromatic N) is 1. The second-order valence-corrected chi connectivity index (χ2v) is 10.3. The van der Waals surface area contributed by atoms with Gasteiger partial charge in [0.1, 0.15) is 36.4 Å². The van der Waals surface area contributed by atoms with Crippen molar-refractivity contribution in [3.8, 4) is 5.75 Å². The van der Waals surface area contributed by atoms with Gasteiger partial charge in [0.05, 0.1) is 12.3 Å². The number of imide groups is 1. The molecule has 0 radical (unpaired) electrons. The van der Waals surface area contributed by atoms with E-state index in [-0.39, 0.29) is 12.3 Å². The molecule has 1 aliphatic heterocycles. The van der Waals surface area contributed by atoms with Crippen LogP contribution in [-0.4, -0.2) is 58.3 Å². The molecule has 3 aromatic rings. The number of hydrogen-bond donors (Lipinski definition) is 4. The number of benzene rings is 3. The monoisotopic (exact) mass is 647 g/mol.